The predicted molar refractivity (Wildman–Crippen MR) is 24.9 cm³/mol. The summed E-state index contributed by atoms with van der Waals surface area (Å²) in [6.45, 7) is 0. The second-order valence-electron chi connectivity index (χ2n) is 0. The molecule has 0 unspecified atom stereocenters. The molecule has 2 radical (unpaired) electrons. The fourth-order valence-electron chi connectivity index (χ4n) is 0. The average Bonchev–Trinajstić information content (AvgIpc) is 1.00. The van der Waals surface area contributed by atoms with Gasteiger partial charge in [-0.25, -0.2) is 0 Å². The summed E-state index contributed by atoms with van der Waals surface area (Å²) in [6, 6.07) is 0. The summed E-state index contributed by atoms with van der Waals surface area (Å²) < 4.78 is 8.06. The molecular weight excluding hydrogens is 111 g/mol. The molecule has 0 atom stereocenters. The first-order chi connectivity index (χ1) is 1.00. The van der Waals surface area contributed by atoms with Gasteiger partial charge in [-0.3, -0.25) is 0 Å². The van der Waals surface area contributed by atoms with Gasteiger partial charge in [0.2, 0.25) is 0 Å². The molecule has 0 heterocycles. The van der Waals surface area contributed by atoms with Gasteiger partial charge in [0.1, 0.15) is 0 Å². The first kappa shape index (κ1) is 17.0. The fourth-order valence-corrected chi connectivity index (χ4v) is 0. The van der Waals surface area contributed by atoms with Gasteiger partial charge < -0.3 is 4.46 Å². The standard InChI is InChI=1S/Al.Ca.OSi.5H/c;;1-2;;;;;. The summed E-state index contributed by atoms with van der Waals surface area (Å²) in [6.07, 6.45) is 0. The molecule has 0 bridgehead atoms. The molecule has 0 amide bonds. The van der Waals surface area contributed by atoms with E-state index in [1.165, 1.54) is 0 Å². The van der Waals surface area contributed by atoms with Gasteiger partial charge in [-0.15, -0.1) is 0 Å². The summed E-state index contributed by atoms with van der Waals surface area (Å²) in [5.41, 5.74) is 0. The third-order valence-corrected chi connectivity index (χ3v) is 0. The van der Waals surface area contributed by atoms with Gasteiger partial charge in [0.25, 0.3) is 0 Å². The minimum atomic E-state index is 0. The molecule has 4 heavy (non-hydrogen) atoms. The fraction of sp³-hybridized carbons (Fsp3) is 0. The number of hydrogen-bond acceptors (Lipinski definition) is 1. The van der Waals surface area contributed by atoms with Gasteiger partial charge in [0.05, 0.1) is 0 Å². The van der Waals surface area contributed by atoms with Gasteiger partial charge >= 0.3 is 47.9 Å². The van der Waals surface area contributed by atoms with E-state index in [0.29, 0.717) is 0 Å². The summed E-state index contributed by atoms with van der Waals surface area (Å²) >= 11 is 0. The van der Waals surface area contributed by atoms with E-state index >= 15 is 0 Å². The van der Waals surface area contributed by atoms with Crippen molar-refractivity contribution in [2.75, 3.05) is 0 Å². The van der Waals surface area contributed by atoms with Crippen LogP contribution in [0.25, 0.3) is 0 Å². The van der Waals surface area contributed by atoms with E-state index in [1.807, 2.05) is 0 Å². The maximum atomic E-state index is 8.06. The molecular formula is H5AlCaOSi. The summed E-state index contributed by atoms with van der Waals surface area (Å²) in [4.78, 5) is 0. The molecule has 1 nitrogen and oxygen atoms in total. The van der Waals surface area contributed by atoms with E-state index < -0.39 is 0 Å². The molecule has 0 saturated carbocycles. The minimum absolute atomic E-state index is 0. The maximum absolute atomic E-state index is 8.06. The van der Waals surface area contributed by atoms with Crippen LogP contribution in [0.3, 0.4) is 0 Å². The Hall–Kier alpha value is 1.81. The Morgan fingerprint density at radius 1 is 1.25 bits per heavy atom. The molecule has 0 aliphatic heterocycles. The number of hydrogen-bond donors (Lipinski definition) is 0. The van der Waals surface area contributed by atoms with E-state index in [-0.39, 0.29) is 55.1 Å². The summed E-state index contributed by atoms with van der Waals surface area (Å²) in [5.74, 6) is 0. The molecule has 0 aliphatic carbocycles. The van der Waals surface area contributed by atoms with Gasteiger partial charge in [-0.1, -0.05) is 0 Å². The van der Waals surface area contributed by atoms with Crippen LogP contribution in [-0.2, 0) is 4.46 Å². The molecule has 4 heteroatoms. The third-order valence-electron chi connectivity index (χ3n) is 0. The zero-order valence-electron chi connectivity index (χ0n) is 0.908. The topological polar surface area (TPSA) is 17.1 Å². The van der Waals surface area contributed by atoms with Gasteiger partial charge in [0.15, 0.2) is 17.4 Å². The normalized spacial score (nSPS) is 1.00. The molecule has 0 aromatic carbocycles. The first-order valence-electron chi connectivity index (χ1n) is 0.204. The quantitative estimate of drug-likeness (QED) is 0.317. The van der Waals surface area contributed by atoms with E-state index in [2.05, 4.69) is 0 Å². The van der Waals surface area contributed by atoms with E-state index in [1.54, 1.807) is 10.1 Å². The van der Waals surface area contributed by atoms with E-state index in [4.69, 9.17) is 4.46 Å². The zero-order chi connectivity index (χ0) is 2.00. The SMILES string of the molecule is O=[Si].[AlH3].[CaH2]. The summed E-state index contributed by atoms with van der Waals surface area (Å²) in [7, 11) is 1.72. The van der Waals surface area contributed by atoms with Crippen molar-refractivity contribution in [1.82, 2.24) is 0 Å². The van der Waals surface area contributed by atoms with Crippen molar-refractivity contribution in [2.24, 2.45) is 0 Å². The van der Waals surface area contributed by atoms with Crippen LogP contribution in [0.5, 0.6) is 0 Å². The molecule has 20 valence electrons. The third kappa shape index (κ3) is 9.18. The van der Waals surface area contributed by atoms with Crippen LogP contribution in [0, 0.1) is 0 Å². The predicted octanol–water partition coefficient (Wildman–Crippen LogP) is -2.60. The van der Waals surface area contributed by atoms with Crippen molar-refractivity contribution >= 4 is 65.2 Å². The van der Waals surface area contributed by atoms with Crippen molar-refractivity contribution in [3.05, 3.63) is 0 Å². The number of rotatable bonds is 0. The molecule has 0 saturated heterocycles. The van der Waals surface area contributed by atoms with Gasteiger partial charge in [-0.2, -0.15) is 0 Å². The molecule has 0 aromatic heterocycles. The van der Waals surface area contributed by atoms with Crippen LogP contribution in [0.4, 0.5) is 0 Å². The Labute approximate surface area is 68.8 Å². The van der Waals surface area contributed by atoms with Crippen LogP contribution in [0.15, 0.2) is 0 Å². The average molecular weight is 116 g/mol. The molecule has 0 aliphatic rings. The van der Waals surface area contributed by atoms with Crippen LogP contribution in [0.1, 0.15) is 0 Å². The van der Waals surface area contributed by atoms with E-state index in [0.717, 1.165) is 0 Å². The Morgan fingerprint density at radius 3 is 1.25 bits per heavy atom. The second-order valence-corrected chi connectivity index (χ2v) is 0. The first-order valence-corrected chi connectivity index (χ1v) is 0.612. The zero-order valence-corrected chi connectivity index (χ0v) is 1.91. The molecule has 0 spiro atoms. The molecule has 0 fully saturated rings. The van der Waals surface area contributed by atoms with E-state index in [9.17, 15) is 0 Å². The van der Waals surface area contributed by atoms with Crippen molar-refractivity contribution in [3.8, 4) is 0 Å². The summed E-state index contributed by atoms with van der Waals surface area (Å²) in [5, 5.41) is 0. The molecule has 0 aromatic rings. The Balaban J connectivity index is -0.00000000500. The van der Waals surface area contributed by atoms with Crippen LogP contribution in [0.2, 0.25) is 0 Å². The Bertz CT molecular complexity index is 8.00. The second kappa shape index (κ2) is 21.3. The van der Waals surface area contributed by atoms with Gasteiger partial charge in [0, 0.05) is 0 Å². The Kier molecular flexibility index (Phi) is 90.7. The van der Waals surface area contributed by atoms with Crippen molar-refractivity contribution < 1.29 is 4.46 Å². The van der Waals surface area contributed by atoms with Crippen molar-refractivity contribution in [2.45, 2.75) is 0 Å². The van der Waals surface area contributed by atoms with Crippen LogP contribution in [-0.4, -0.2) is 65.2 Å². The van der Waals surface area contributed by atoms with Crippen molar-refractivity contribution in [1.29, 1.82) is 0 Å². The Morgan fingerprint density at radius 2 is 1.25 bits per heavy atom. The van der Waals surface area contributed by atoms with Crippen molar-refractivity contribution in [3.63, 3.8) is 0 Å². The monoisotopic (exact) mass is 116 g/mol. The molecule has 0 rings (SSSR count). The van der Waals surface area contributed by atoms with Crippen LogP contribution >= 0.6 is 0 Å². The van der Waals surface area contributed by atoms with Gasteiger partial charge in [-0.05, 0) is 0 Å². The molecule has 0 N–H and O–H groups in total. The van der Waals surface area contributed by atoms with Crippen LogP contribution < -0.4 is 0 Å².